The maximum Gasteiger partial charge on any atom is 0.410 e. The number of carbonyl (C=O) groups is 2. The Kier molecular flexibility index (Phi) is 4.46. The Bertz CT molecular complexity index is 543. The Balaban J connectivity index is 1.85. The fourth-order valence-corrected chi connectivity index (χ4v) is 3.87. The molecule has 1 aromatic carbocycles. The number of hydrogen-bond acceptors (Lipinski definition) is 3. The van der Waals surface area contributed by atoms with Crippen LogP contribution >= 0.6 is 0 Å². The topological polar surface area (TPSA) is 46.6 Å². The number of carbonyl (C=O) groups excluding carboxylic acids is 2. The zero-order valence-electron chi connectivity index (χ0n) is 13.0. The molecule has 3 atom stereocenters. The molecule has 4 nitrogen and oxygen atoms in total. The van der Waals surface area contributed by atoms with Crippen LogP contribution < -0.4 is 0 Å². The summed E-state index contributed by atoms with van der Waals surface area (Å²) in [7, 11) is 0. The van der Waals surface area contributed by atoms with Crippen molar-refractivity contribution in [2.45, 2.75) is 51.1 Å². The van der Waals surface area contributed by atoms with E-state index in [-0.39, 0.29) is 24.1 Å². The molecule has 0 aromatic heterocycles. The molecule has 3 rings (SSSR count). The van der Waals surface area contributed by atoms with Crippen LogP contribution in [0.25, 0.3) is 0 Å². The Hall–Kier alpha value is -1.84. The Morgan fingerprint density at radius 2 is 2.05 bits per heavy atom. The predicted octanol–water partition coefficient (Wildman–Crippen LogP) is 3.72. The van der Waals surface area contributed by atoms with Crippen LogP contribution in [0.3, 0.4) is 0 Å². The van der Waals surface area contributed by atoms with Crippen molar-refractivity contribution in [3.63, 3.8) is 0 Å². The van der Waals surface area contributed by atoms with Gasteiger partial charge in [-0.15, -0.1) is 0 Å². The van der Waals surface area contributed by atoms with E-state index < -0.39 is 0 Å². The van der Waals surface area contributed by atoms with Crippen molar-refractivity contribution in [2.24, 2.45) is 5.92 Å². The molecule has 1 aliphatic heterocycles. The molecule has 1 amide bonds. The fraction of sp³-hybridized carbons (Fsp3) is 0.556. The molecule has 2 aliphatic rings. The van der Waals surface area contributed by atoms with E-state index in [0.717, 1.165) is 24.8 Å². The summed E-state index contributed by atoms with van der Waals surface area (Å²) in [6.45, 7) is 2.50. The maximum absolute atomic E-state index is 12.3. The minimum absolute atomic E-state index is 0.0318. The molecule has 4 heteroatoms. The van der Waals surface area contributed by atoms with Gasteiger partial charge in [0.15, 0.2) is 0 Å². The SMILES string of the molecule is CC[C@@H](C1CCCC(=O)C1)N1C(=O)OC[C@@H]1c1ccccc1. The quantitative estimate of drug-likeness (QED) is 0.851. The molecular formula is C18H23NO3. The van der Waals surface area contributed by atoms with Gasteiger partial charge < -0.3 is 4.74 Å². The van der Waals surface area contributed by atoms with E-state index in [0.29, 0.717) is 25.2 Å². The van der Waals surface area contributed by atoms with Gasteiger partial charge in [0, 0.05) is 18.9 Å². The van der Waals surface area contributed by atoms with Gasteiger partial charge in [0.25, 0.3) is 0 Å². The molecule has 22 heavy (non-hydrogen) atoms. The molecule has 1 aliphatic carbocycles. The second-order valence-corrected chi connectivity index (χ2v) is 6.28. The van der Waals surface area contributed by atoms with Gasteiger partial charge in [0.2, 0.25) is 0 Å². The van der Waals surface area contributed by atoms with E-state index in [2.05, 4.69) is 6.92 Å². The van der Waals surface area contributed by atoms with E-state index in [9.17, 15) is 9.59 Å². The monoisotopic (exact) mass is 301 g/mol. The lowest BCUT2D eigenvalue weighted by molar-refractivity contribution is -0.122. The van der Waals surface area contributed by atoms with Crippen LogP contribution in [0.4, 0.5) is 4.79 Å². The number of cyclic esters (lactones) is 1. The molecule has 1 saturated carbocycles. The molecule has 1 saturated heterocycles. The summed E-state index contributed by atoms with van der Waals surface area (Å²) in [5.41, 5.74) is 1.11. The highest BCUT2D eigenvalue weighted by molar-refractivity contribution is 5.79. The number of amides is 1. The number of rotatable bonds is 4. The van der Waals surface area contributed by atoms with Crippen molar-refractivity contribution < 1.29 is 14.3 Å². The van der Waals surface area contributed by atoms with Crippen molar-refractivity contribution >= 4 is 11.9 Å². The highest BCUT2D eigenvalue weighted by Crippen LogP contribution is 2.37. The minimum atomic E-state index is -0.237. The summed E-state index contributed by atoms with van der Waals surface area (Å²) in [5.74, 6) is 0.599. The van der Waals surface area contributed by atoms with Gasteiger partial charge in [-0.2, -0.15) is 0 Å². The first-order chi connectivity index (χ1) is 10.7. The number of Topliss-reactive ketones (excluding diaryl/α,β-unsaturated/α-hetero) is 1. The van der Waals surface area contributed by atoms with Crippen molar-refractivity contribution in [1.82, 2.24) is 4.90 Å². The number of nitrogens with zero attached hydrogens (tertiary/aromatic N) is 1. The summed E-state index contributed by atoms with van der Waals surface area (Å²) in [4.78, 5) is 26.0. The second kappa shape index (κ2) is 6.51. The van der Waals surface area contributed by atoms with Crippen LogP contribution in [0.15, 0.2) is 30.3 Å². The van der Waals surface area contributed by atoms with Crippen LogP contribution in [0, 0.1) is 5.92 Å². The molecule has 0 radical (unpaired) electrons. The highest BCUT2D eigenvalue weighted by atomic mass is 16.6. The van der Waals surface area contributed by atoms with E-state index in [4.69, 9.17) is 4.74 Å². The van der Waals surface area contributed by atoms with Crippen LogP contribution in [0.1, 0.15) is 50.6 Å². The molecule has 1 aromatic rings. The lowest BCUT2D eigenvalue weighted by Crippen LogP contribution is -2.44. The molecule has 1 unspecified atom stereocenters. The predicted molar refractivity (Wildman–Crippen MR) is 83.4 cm³/mol. The van der Waals surface area contributed by atoms with Crippen LogP contribution in [0.5, 0.6) is 0 Å². The minimum Gasteiger partial charge on any atom is -0.447 e. The average Bonchev–Trinajstić information content (AvgIpc) is 2.91. The molecular weight excluding hydrogens is 278 g/mol. The third kappa shape index (κ3) is 2.87. The van der Waals surface area contributed by atoms with Gasteiger partial charge in [-0.1, -0.05) is 37.3 Å². The largest absolute Gasteiger partial charge is 0.447 e. The van der Waals surface area contributed by atoms with Crippen molar-refractivity contribution in [1.29, 1.82) is 0 Å². The highest BCUT2D eigenvalue weighted by Gasteiger charge is 2.42. The summed E-state index contributed by atoms with van der Waals surface area (Å²) in [6, 6.07) is 10.1. The van der Waals surface area contributed by atoms with Gasteiger partial charge in [-0.25, -0.2) is 4.79 Å². The normalized spacial score (nSPS) is 26.9. The summed E-state index contributed by atoms with van der Waals surface area (Å²) >= 11 is 0. The van der Waals surface area contributed by atoms with Gasteiger partial charge in [-0.05, 0) is 30.7 Å². The van der Waals surface area contributed by atoms with E-state index in [1.165, 1.54) is 0 Å². The van der Waals surface area contributed by atoms with Gasteiger partial charge >= 0.3 is 6.09 Å². The van der Waals surface area contributed by atoms with E-state index in [1.54, 1.807) is 0 Å². The van der Waals surface area contributed by atoms with Crippen LogP contribution in [-0.2, 0) is 9.53 Å². The Morgan fingerprint density at radius 1 is 1.27 bits per heavy atom. The van der Waals surface area contributed by atoms with Crippen LogP contribution in [0.2, 0.25) is 0 Å². The second-order valence-electron chi connectivity index (χ2n) is 6.28. The number of hydrogen-bond donors (Lipinski definition) is 0. The Morgan fingerprint density at radius 3 is 2.73 bits per heavy atom. The third-order valence-corrected chi connectivity index (χ3v) is 4.94. The lowest BCUT2D eigenvalue weighted by atomic mass is 9.81. The fourth-order valence-electron chi connectivity index (χ4n) is 3.87. The van der Waals surface area contributed by atoms with Crippen molar-refractivity contribution in [2.75, 3.05) is 6.61 Å². The number of benzene rings is 1. The molecule has 2 fully saturated rings. The lowest BCUT2D eigenvalue weighted by Gasteiger charge is -2.37. The standard InChI is InChI=1S/C18H23NO3/c1-2-16(14-9-6-10-15(20)11-14)19-17(12-22-18(19)21)13-7-4-3-5-8-13/h3-5,7-8,14,16-17H,2,6,9-12H2,1H3/t14?,16-,17+/m0/s1. The van der Waals surface area contributed by atoms with Gasteiger partial charge in [0.05, 0.1) is 6.04 Å². The Labute approximate surface area is 131 Å². The smallest absolute Gasteiger partial charge is 0.410 e. The van der Waals surface area contributed by atoms with Gasteiger partial charge in [-0.3, -0.25) is 9.69 Å². The first-order valence-corrected chi connectivity index (χ1v) is 8.22. The zero-order chi connectivity index (χ0) is 15.5. The average molecular weight is 301 g/mol. The molecule has 0 N–H and O–H groups in total. The molecule has 1 heterocycles. The molecule has 118 valence electrons. The molecule has 0 spiro atoms. The van der Waals surface area contributed by atoms with Crippen molar-refractivity contribution in [3.8, 4) is 0 Å². The summed E-state index contributed by atoms with van der Waals surface area (Å²) < 4.78 is 5.34. The zero-order valence-corrected chi connectivity index (χ0v) is 13.0. The maximum atomic E-state index is 12.3. The van der Waals surface area contributed by atoms with Gasteiger partial charge in [0.1, 0.15) is 12.4 Å². The summed E-state index contributed by atoms with van der Waals surface area (Å²) in [6.07, 6.45) is 3.88. The summed E-state index contributed by atoms with van der Waals surface area (Å²) in [5, 5.41) is 0. The van der Waals surface area contributed by atoms with Crippen molar-refractivity contribution in [3.05, 3.63) is 35.9 Å². The van der Waals surface area contributed by atoms with Crippen LogP contribution in [-0.4, -0.2) is 29.4 Å². The number of ketones is 1. The first kappa shape index (κ1) is 15.1. The third-order valence-electron chi connectivity index (χ3n) is 4.94. The van der Waals surface area contributed by atoms with E-state index >= 15 is 0 Å². The van der Waals surface area contributed by atoms with E-state index in [1.807, 2.05) is 35.2 Å². The number of ether oxygens (including phenoxy) is 1. The first-order valence-electron chi connectivity index (χ1n) is 8.22. The molecule has 0 bridgehead atoms.